The van der Waals surface area contributed by atoms with E-state index in [1.165, 1.54) is 12.1 Å². The number of hydrogen-bond acceptors (Lipinski definition) is 3. The molecule has 2 aromatic rings. The lowest BCUT2D eigenvalue weighted by Gasteiger charge is -2.03. The van der Waals surface area contributed by atoms with Crippen LogP contribution in [0.5, 0.6) is 0 Å². The van der Waals surface area contributed by atoms with Crippen molar-refractivity contribution in [2.45, 2.75) is 6.54 Å². The van der Waals surface area contributed by atoms with E-state index in [9.17, 15) is 10.1 Å². The molecule has 2 rings (SSSR count). The van der Waals surface area contributed by atoms with Crippen LogP contribution in [0.4, 0.5) is 5.69 Å². The van der Waals surface area contributed by atoms with Gasteiger partial charge in [0.1, 0.15) is 5.02 Å². The molecule has 0 bridgehead atoms. The van der Waals surface area contributed by atoms with Gasteiger partial charge in [-0.25, -0.2) is 4.98 Å². The number of rotatable bonds is 3. The second kappa shape index (κ2) is 4.32. The third-order valence-corrected chi connectivity index (χ3v) is 2.45. The van der Waals surface area contributed by atoms with E-state index in [1.54, 1.807) is 24.8 Å². The fourth-order valence-electron chi connectivity index (χ4n) is 1.39. The summed E-state index contributed by atoms with van der Waals surface area (Å²) in [4.78, 5) is 14.1. The average Bonchev–Trinajstić information content (AvgIpc) is 2.73. The Morgan fingerprint density at radius 3 is 2.94 bits per heavy atom. The van der Waals surface area contributed by atoms with Gasteiger partial charge in [-0.2, -0.15) is 0 Å². The lowest BCUT2D eigenvalue weighted by Crippen LogP contribution is -1.98. The highest BCUT2D eigenvalue weighted by molar-refractivity contribution is 6.32. The summed E-state index contributed by atoms with van der Waals surface area (Å²) in [5.74, 6) is 0. The molecule has 0 atom stereocenters. The van der Waals surface area contributed by atoms with Crippen molar-refractivity contribution in [1.82, 2.24) is 9.55 Å². The first kappa shape index (κ1) is 10.6. The number of imidazole rings is 1. The van der Waals surface area contributed by atoms with E-state index < -0.39 is 4.92 Å². The molecular weight excluding hydrogens is 230 g/mol. The van der Waals surface area contributed by atoms with Crippen molar-refractivity contribution in [3.8, 4) is 0 Å². The first-order chi connectivity index (χ1) is 7.66. The van der Waals surface area contributed by atoms with Crippen molar-refractivity contribution in [2.75, 3.05) is 0 Å². The molecule has 5 nitrogen and oxygen atoms in total. The summed E-state index contributed by atoms with van der Waals surface area (Å²) in [5, 5.41) is 10.8. The summed E-state index contributed by atoms with van der Waals surface area (Å²) in [7, 11) is 0. The molecule has 0 saturated carbocycles. The molecule has 0 fully saturated rings. The smallest absolute Gasteiger partial charge is 0.288 e. The minimum Gasteiger partial charge on any atom is -0.333 e. The number of benzene rings is 1. The van der Waals surface area contributed by atoms with Crippen molar-refractivity contribution in [3.05, 3.63) is 57.6 Å². The van der Waals surface area contributed by atoms with Crippen LogP contribution in [0.2, 0.25) is 5.02 Å². The maximum Gasteiger partial charge on any atom is 0.288 e. The quantitative estimate of drug-likeness (QED) is 0.609. The van der Waals surface area contributed by atoms with Gasteiger partial charge < -0.3 is 4.57 Å². The third-order valence-electron chi connectivity index (χ3n) is 2.13. The zero-order chi connectivity index (χ0) is 11.5. The van der Waals surface area contributed by atoms with Crippen LogP contribution in [0.3, 0.4) is 0 Å². The van der Waals surface area contributed by atoms with Gasteiger partial charge in [0.15, 0.2) is 0 Å². The molecule has 1 aromatic heterocycles. The molecule has 1 heterocycles. The van der Waals surface area contributed by atoms with Crippen LogP contribution in [-0.2, 0) is 6.54 Å². The van der Waals surface area contributed by atoms with Crippen molar-refractivity contribution in [2.24, 2.45) is 0 Å². The van der Waals surface area contributed by atoms with Crippen molar-refractivity contribution < 1.29 is 4.92 Å². The Kier molecular flexibility index (Phi) is 2.87. The first-order valence-electron chi connectivity index (χ1n) is 4.55. The third kappa shape index (κ3) is 2.20. The van der Waals surface area contributed by atoms with Gasteiger partial charge in [-0.15, -0.1) is 0 Å². The van der Waals surface area contributed by atoms with Crippen LogP contribution in [0.1, 0.15) is 5.56 Å². The first-order valence-corrected chi connectivity index (χ1v) is 4.93. The minimum absolute atomic E-state index is 0.0701. The average molecular weight is 238 g/mol. The van der Waals surface area contributed by atoms with Gasteiger partial charge in [-0.1, -0.05) is 17.7 Å². The second-order valence-electron chi connectivity index (χ2n) is 3.28. The van der Waals surface area contributed by atoms with Gasteiger partial charge in [0.2, 0.25) is 0 Å². The lowest BCUT2D eigenvalue weighted by molar-refractivity contribution is -0.384. The molecule has 0 spiro atoms. The molecule has 0 aliphatic carbocycles. The Labute approximate surface area is 96.4 Å². The molecule has 0 N–H and O–H groups in total. The van der Waals surface area contributed by atoms with Crippen LogP contribution in [0.15, 0.2) is 36.9 Å². The van der Waals surface area contributed by atoms with Crippen molar-refractivity contribution in [1.29, 1.82) is 0 Å². The van der Waals surface area contributed by atoms with Gasteiger partial charge in [-0.05, 0) is 11.6 Å². The zero-order valence-electron chi connectivity index (χ0n) is 8.21. The van der Waals surface area contributed by atoms with Gasteiger partial charge in [-0.3, -0.25) is 10.1 Å². The number of nitro groups is 1. The van der Waals surface area contributed by atoms with E-state index in [2.05, 4.69) is 4.98 Å². The van der Waals surface area contributed by atoms with E-state index in [-0.39, 0.29) is 10.7 Å². The lowest BCUT2D eigenvalue weighted by atomic mass is 10.2. The number of nitrogens with zero attached hydrogens (tertiary/aromatic N) is 3. The van der Waals surface area contributed by atoms with Gasteiger partial charge in [0.25, 0.3) is 5.69 Å². The SMILES string of the molecule is O=[N+]([O-])c1cc(Cn2ccnc2)ccc1Cl. The maximum atomic E-state index is 10.7. The zero-order valence-corrected chi connectivity index (χ0v) is 8.96. The standard InChI is InChI=1S/C10H8ClN3O2/c11-9-2-1-8(5-10(9)14(15)16)6-13-4-3-12-7-13/h1-5,7H,6H2. The maximum absolute atomic E-state index is 10.7. The highest BCUT2D eigenvalue weighted by Gasteiger charge is 2.12. The molecule has 0 radical (unpaired) electrons. The Bertz CT molecular complexity index is 511. The Hall–Kier alpha value is -1.88. The van der Waals surface area contributed by atoms with E-state index >= 15 is 0 Å². The predicted molar refractivity (Wildman–Crippen MR) is 59.4 cm³/mol. The van der Waals surface area contributed by atoms with Crippen LogP contribution in [0, 0.1) is 10.1 Å². The van der Waals surface area contributed by atoms with Gasteiger partial charge >= 0.3 is 0 Å². The van der Waals surface area contributed by atoms with Crippen LogP contribution in [0.25, 0.3) is 0 Å². The molecule has 0 aliphatic rings. The normalized spacial score (nSPS) is 10.3. The summed E-state index contributed by atoms with van der Waals surface area (Å²) in [6, 6.07) is 4.77. The number of hydrogen-bond donors (Lipinski definition) is 0. The monoisotopic (exact) mass is 237 g/mol. The van der Waals surface area contributed by atoms with Crippen LogP contribution >= 0.6 is 11.6 Å². The molecule has 0 unspecified atom stereocenters. The molecule has 16 heavy (non-hydrogen) atoms. The molecular formula is C10H8ClN3O2. The van der Waals surface area contributed by atoms with Crippen molar-refractivity contribution in [3.63, 3.8) is 0 Å². The van der Waals surface area contributed by atoms with Gasteiger partial charge in [0.05, 0.1) is 11.3 Å². The van der Waals surface area contributed by atoms with Gasteiger partial charge in [0, 0.05) is 25.0 Å². The largest absolute Gasteiger partial charge is 0.333 e. The second-order valence-corrected chi connectivity index (χ2v) is 3.69. The summed E-state index contributed by atoms with van der Waals surface area (Å²) in [5.41, 5.74) is 0.744. The summed E-state index contributed by atoms with van der Waals surface area (Å²) >= 11 is 5.71. The Morgan fingerprint density at radius 1 is 1.50 bits per heavy atom. The molecule has 1 aromatic carbocycles. The number of nitro benzene ring substituents is 1. The molecule has 0 saturated heterocycles. The molecule has 82 valence electrons. The van der Waals surface area contributed by atoms with E-state index in [0.29, 0.717) is 6.54 Å². The van der Waals surface area contributed by atoms with Crippen molar-refractivity contribution >= 4 is 17.3 Å². The number of halogens is 1. The van der Waals surface area contributed by atoms with E-state index in [1.807, 2.05) is 4.57 Å². The van der Waals surface area contributed by atoms with Crippen LogP contribution < -0.4 is 0 Å². The number of aromatic nitrogens is 2. The summed E-state index contributed by atoms with van der Waals surface area (Å²) in [6.45, 7) is 0.540. The summed E-state index contributed by atoms with van der Waals surface area (Å²) < 4.78 is 1.83. The Balaban J connectivity index is 2.29. The minimum atomic E-state index is -0.486. The Morgan fingerprint density at radius 2 is 2.31 bits per heavy atom. The van der Waals surface area contributed by atoms with E-state index in [0.717, 1.165) is 5.56 Å². The highest BCUT2D eigenvalue weighted by Crippen LogP contribution is 2.25. The predicted octanol–water partition coefficient (Wildman–Crippen LogP) is 2.49. The fourth-order valence-corrected chi connectivity index (χ4v) is 1.57. The molecule has 6 heteroatoms. The fraction of sp³-hybridized carbons (Fsp3) is 0.100. The van der Waals surface area contributed by atoms with E-state index in [4.69, 9.17) is 11.6 Å². The summed E-state index contributed by atoms with van der Waals surface area (Å²) in [6.07, 6.45) is 5.10. The molecule has 0 amide bonds. The van der Waals surface area contributed by atoms with Crippen LogP contribution in [-0.4, -0.2) is 14.5 Å². The molecule has 0 aliphatic heterocycles. The highest BCUT2D eigenvalue weighted by atomic mass is 35.5. The topological polar surface area (TPSA) is 61.0 Å².